The van der Waals surface area contributed by atoms with Gasteiger partial charge in [-0.25, -0.2) is 0 Å². The standard InChI is InChI=1S/C57H92O6/c1-4-7-10-13-16-19-22-25-27-28-30-32-35-38-41-44-47-50-56(59)62-53-54(52-61-55(58)49-46-43-40-37-34-31-24-21-18-15-12-9-6-3)63-57(60)51-48-45-42-39-36-33-29-26-23-20-17-14-11-8-5-2/h9,12,15-21,23-27,30,32,38,41,54H,4-8,10-11,13-14,22,28-29,31,33-37,39-40,42-53H2,1-3H3/b12-9-,18-15-,19-16-,20-17-,24-21-,26-23-,27-25-,32-30-,41-38-. The van der Waals surface area contributed by atoms with E-state index >= 15 is 0 Å². The Labute approximate surface area is 387 Å². The largest absolute Gasteiger partial charge is 0.462 e. The summed E-state index contributed by atoms with van der Waals surface area (Å²) in [6, 6.07) is 0. The monoisotopic (exact) mass is 873 g/mol. The predicted octanol–water partition coefficient (Wildman–Crippen LogP) is 16.8. The molecule has 1 unspecified atom stereocenters. The molecule has 356 valence electrons. The van der Waals surface area contributed by atoms with Crippen molar-refractivity contribution in [1.82, 2.24) is 0 Å². The summed E-state index contributed by atoms with van der Waals surface area (Å²) < 4.78 is 16.7. The van der Waals surface area contributed by atoms with Crippen molar-refractivity contribution in [3.63, 3.8) is 0 Å². The fourth-order valence-electron chi connectivity index (χ4n) is 6.48. The first-order chi connectivity index (χ1) is 31.0. The van der Waals surface area contributed by atoms with E-state index < -0.39 is 6.10 Å². The SMILES string of the molecule is CC\C=C/C=C\C=C/CCCCCCCC(=O)OCC(COC(=O)CCC/C=C\C/C=C\C/C=C\C/C=C\CCCCC)OC(=O)CCCCCCCC/C=C\C=C/CCCCC. The van der Waals surface area contributed by atoms with Crippen LogP contribution in [0.3, 0.4) is 0 Å². The van der Waals surface area contributed by atoms with E-state index in [1.165, 1.54) is 57.8 Å². The van der Waals surface area contributed by atoms with Gasteiger partial charge < -0.3 is 14.2 Å². The second-order valence-corrected chi connectivity index (χ2v) is 16.4. The summed E-state index contributed by atoms with van der Waals surface area (Å²) in [5.41, 5.74) is 0. The predicted molar refractivity (Wildman–Crippen MR) is 270 cm³/mol. The minimum Gasteiger partial charge on any atom is -0.462 e. The molecule has 0 saturated carbocycles. The molecule has 0 heterocycles. The van der Waals surface area contributed by atoms with E-state index in [0.29, 0.717) is 19.3 Å². The third kappa shape index (κ3) is 49.0. The van der Waals surface area contributed by atoms with Gasteiger partial charge in [0.25, 0.3) is 0 Å². The zero-order chi connectivity index (χ0) is 45.8. The topological polar surface area (TPSA) is 78.9 Å². The van der Waals surface area contributed by atoms with Gasteiger partial charge in [-0.15, -0.1) is 0 Å². The van der Waals surface area contributed by atoms with E-state index in [1.807, 2.05) is 0 Å². The lowest BCUT2D eigenvalue weighted by molar-refractivity contribution is -0.167. The van der Waals surface area contributed by atoms with Gasteiger partial charge in [0.15, 0.2) is 6.10 Å². The molecule has 1 atom stereocenters. The van der Waals surface area contributed by atoms with Crippen molar-refractivity contribution in [3.8, 4) is 0 Å². The lowest BCUT2D eigenvalue weighted by Gasteiger charge is -2.18. The number of rotatable bonds is 44. The van der Waals surface area contributed by atoms with E-state index in [1.54, 1.807) is 0 Å². The molecule has 0 amide bonds. The Kier molecular flexibility index (Phi) is 47.5. The summed E-state index contributed by atoms with van der Waals surface area (Å²) >= 11 is 0. The maximum Gasteiger partial charge on any atom is 0.306 e. The van der Waals surface area contributed by atoms with Crippen LogP contribution in [0.2, 0.25) is 0 Å². The molecule has 0 bridgehead atoms. The first-order valence-electron chi connectivity index (χ1n) is 25.4. The van der Waals surface area contributed by atoms with Crippen LogP contribution >= 0.6 is 0 Å². The Balaban J connectivity index is 4.54. The van der Waals surface area contributed by atoms with Crippen molar-refractivity contribution in [2.24, 2.45) is 0 Å². The van der Waals surface area contributed by atoms with E-state index in [0.717, 1.165) is 109 Å². The number of carbonyl (C=O) groups excluding carboxylic acids is 3. The van der Waals surface area contributed by atoms with Gasteiger partial charge in [0, 0.05) is 19.3 Å². The van der Waals surface area contributed by atoms with E-state index in [9.17, 15) is 14.4 Å². The molecule has 0 N–H and O–H groups in total. The number of hydrogen-bond acceptors (Lipinski definition) is 6. The molecule has 6 nitrogen and oxygen atoms in total. The normalized spacial score (nSPS) is 13.0. The highest BCUT2D eigenvalue weighted by atomic mass is 16.6. The maximum atomic E-state index is 12.8. The molecule has 0 rings (SSSR count). The number of hydrogen-bond donors (Lipinski definition) is 0. The third-order valence-corrected chi connectivity index (χ3v) is 10.3. The molecule has 0 saturated heterocycles. The van der Waals surface area contributed by atoms with Gasteiger partial charge in [0.1, 0.15) is 13.2 Å². The molecular weight excluding hydrogens is 781 g/mol. The van der Waals surface area contributed by atoms with Crippen LogP contribution in [-0.2, 0) is 28.6 Å². The molecule has 0 radical (unpaired) electrons. The van der Waals surface area contributed by atoms with Gasteiger partial charge in [-0.1, -0.05) is 201 Å². The Hall–Kier alpha value is -3.93. The summed E-state index contributed by atoms with van der Waals surface area (Å²) in [5, 5.41) is 0. The lowest BCUT2D eigenvalue weighted by Crippen LogP contribution is -2.30. The molecule has 0 aromatic carbocycles. The third-order valence-electron chi connectivity index (χ3n) is 10.3. The fourth-order valence-corrected chi connectivity index (χ4v) is 6.48. The number of allylic oxidation sites excluding steroid dienone is 18. The van der Waals surface area contributed by atoms with Gasteiger partial charge >= 0.3 is 17.9 Å². The summed E-state index contributed by atoms with van der Waals surface area (Å²) in [5.74, 6) is -1.01. The molecule has 0 aliphatic rings. The number of ether oxygens (including phenoxy) is 3. The van der Waals surface area contributed by atoms with Gasteiger partial charge in [0.2, 0.25) is 0 Å². The maximum absolute atomic E-state index is 12.8. The molecule has 0 aromatic heterocycles. The molecule has 0 aromatic rings. The Bertz CT molecular complexity index is 1330. The summed E-state index contributed by atoms with van der Waals surface area (Å²) in [6.07, 6.45) is 67.8. The van der Waals surface area contributed by atoms with Crippen molar-refractivity contribution < 1.29 is 28.6 Å². The van der Waals surface area contributed by atoms with Crippen LogP contribution < -0.4 is 0 Å². The second kappa shape index (κ2) is 50.7. The minimum absolute atomic E-state index is 0.113. The van der Waals surface area contributed by atoms with Crippen molar-refractivity contribution >= 4 is 17.9 Å². The average Bonchev–Trinajstić information content (AvgIpc) is 3.28. The van der Waals surface area contributed by atoms with Gasteiger partial charge in [-0.2, -0.15) is 0 Å². The van der Waals surface area contributed by atoms with E-state index in [2.05, 4.69) is 130 Å². The van der Waals surface area contributed by atoms with Crippen LogP contribution in [0.1, 0.15) is 213 Å². The van der Waals surface area contributed by atoms with Crippen LogP contribution in [0.15, 0.2) is 109 Å². The molecule has 63 heavy (non-hydrogen) atoms. The summed E-state index contributed by atoms with van der Waals surface area (Å²) in [6.45, 7) is 6.35. The Morgan fingerprint density at radius 2 is 0.698 bits per heavy atom. The zero-order valence-electron chi connectivity index (χ0n) is 40.5. The van der Waals surface area contributed by atoms with Crippen molar-refractivity contribution in [2.75, 3.05) is 13.2 Å². The minimum atomic E-state index is -0.816. The molecule has 0 spiro atoms. The second-order valence-electron chi connectivity index (χ2n) is 16.4. The highest BCUT2D eigenvalue weighted by Crippen LogP contribution is 2.13. The zero-order valence-corrected chi connectivity index (χ0v) is 40.5. The highest BCUT2D eigenvalue weighted by Gasteiger charge is 2.19. The molecule has 0 aliphatic heterocycles. The van der Waals surface area contributed by atoms with Gasteiger partial charge in [-0.05, 0) is 103 Å². The van der Waals surface area contributed by atoms with Crippen molar-refractivity contribution in [2.45, 2.75) is 219 Å². The first-order valence-corrected chi connectivity index (χ1v) is 25.4. The highest BCUT2D eigenvalue weighted by molar-refractivity contribution is 5.71. The molecule has 0 fully saturated rings. The number of esters is 3. The van der Waals surface area contributed by atoms with Gasteiger partial charge in [-0.3, -0.25) is 14.4 Å². The van der Waals surface area contributed by atoms with E-state index in [-0.39, 0.29) is 37.5 Å². The van der Waals surface area contributed by atoms with Crippen LogP contribution in [0, 0.1) is 0 Å². The lowest BCUT2D eigenvalue weighted by atomic mass is 10.1. The summed E-state index contributed by atoms with van der Waals surface area (Å²) in [4.78, 5) is 37.9. The molecule has 6 heteroatoms. The van der Waals surface area contributed by atoms with E-state index in [4.69, 9.17) is 14.2 Å². The number of unbranched alkanes of at least 4 members (excludes halogenated alkanes) is 18. The molecular formula is C57H92O6. The Morgan fingerprint density at radius 1 is 0.349 bits per heavy atom. The average molecular weight is 873 g/mol. The number of carbonyl (C=O) groups is 3. The van der Waals surface area contributed by atoms with Crippen LogP contribution in [0.25, 0.3) is 0 Å². The quantitative estimate of drug-likeness (QED) is 0.0199. The van der Waals surface area contributed by atoms with Gasteiger partial charge in [0.05, 0.1) is 0 Å². The fraction of sp³-hybridized carbons (Fsp3) is 0.632. The van der Waals surface area contributed by atoms with Crippen LogP contribution in [0.4, 0.5) is 0 Å². The smallest absolute Gasteiger partial charge is 0.306 e. The van der Waals surface area contributed by atoms with Crippen molar-refractivity contribution in [3.05, 3.63) is 109 Å². The Morgan fingerprint density at radius 3 is 1.17 bits per heavy atom. The van der Waals surface area contributed by atoms with Crippen LogP contribution in [-0.4, -0.2) is 37.2 Å². The molecule has 0 aliphatic carbocycles. The van der Waals surface area contributed by atoms with Crippen molar-refractivity contribution in [1.29, 1.82) is 0 Å². The van der Waals surface area contributed by atoms with Crippen LogP contribution in [0.5, 0.6) is 0 Å². The summed E-state index contributed by atoms with van der Waals surface area (Å²) in [7, 11) is 0. The first kappa shape index (κ1) is 59.1.